The summed E-state index contributed by atoms with van der Waals surface area (Å²) in [6, 6.07) is 6.01. The van der Waals surface area contributed by atoms with Crippen molar-refractivity contribution in [1.82, 2.24) is 0 Å². The normalized spacial score (nSPS) is 24.2. The maximum Gasteiger partial charge on any atom is 0.0595 e. The minimum atomic E-state index is 0.151. The highest BCUT2D eigenvalue weighted by Crippen LogP contribution is 2.62. The number of hydrogen-bond acceptors (Lipinski definition) is 1. The van der Waals surface area contributed by atoms with Crippen molar-refractivity contribution in [1.29, 1.82) is 0 Å². The van der Waals surface area contributed by atoms with Gasteiger partial charge < -0.3 is 5.73 Å². The Hall–Kier alpha value is -0.240. The zero-order chi connectivity index (χ0) is 12.8. The van der Waals surface area contributed by atoms with Crippen LogP contribution >= 0.6 is 23.2 Å². The first-order chi connectivity index (χ1) is 8.59. The first kappa shape index (κ1) is 12.8. The highest BCUT2D eigenvalue weighted by molar-refractivity contribution is 6.42. The Morgan fingerprint density at radius 3 is 2.28 bits per heavy atom. The average molecular weight is 284 g/mol. The molecule has 0 aliphatic heterocycles. The fraction of sp³-hybridized carbons (Fsp3) is 0.600. The van der Waals surface area contributed by atoms with Gasteiger partial charge in [0.05, 0.1) is 10.0 Å². The van der Waals surface area contributed by atoms with Crippen LogP contribution in [-0.2, 0) is 5.41 Å². The van der Waals surface area contributed by atoms with Crippen molar-refractivity contribution in [3.05, 3.63) is 33.8 Å². The summed E-state index contributed by atoms with van der Waals surface area (Å²) in [6.45, 7) is 0.715. The van der Waals surface area contributed by atoms with Crippen LogP contribution < -0.4 is 5.73 Å². The molecule has 98 valence electrons. The van der Waals surface area contributed by atoms with Gasteiger partial charge in [-0.3, -0.25) is 0 Å². The van der Waals surface area contributed by atoms with E-state index in [-0.39, 0.29) is 5.41 Å². The Labute approximate surface area is 119 Å². The Morgan fingerprint density at radius 1 is 1.06 bits per heavy atom. The minimum absolute atomic E-state index is 0.151. The SMILES string of the molecule is NCC1(c2ccc(Cl)c(Cl)c2)CC2(CCCC2)C1. The van der Waals surface area contributed by atoms with Gasteiger partial charge in [0, 0.05) is 12.0 Å². The second kappa shape index (κ2) is 4.40. The van der Waals surface area contributed by atoms with E-state index in [1.165, 1.54) is 44.1 Å². The monoisotopic (exact) mass is 283 g/mol. The molecule has 0 amide bonds. The zero-order valence-corrected chi connectivity index (χ0v) is 12.0. The van der Waals surface area contributed by atoms with E-state index >= 15 is 0 Å². The Morgan fingerprint density at radius 2 is 1.72 bits per heavy atom. The number of halogens is 2. The Balaban J connectivity index is 1.87. The predicted molar refractivity (Wildman–Crippen MR) is 77.3 cm³/mol. The third-order valence-corrected chi connectivity index (χ3v) is 5.75. The highest BCUT2D eigenvalue weighted by atomic mass is 35.5. The third kappa shape index (κ3) is 1.88. The Kier molecular flexibility index (Phi) is 3.12. The standard InChI is InChI=1S/C15H19Cl2N/c16-12-4-3-11(7-13(12)17)15(10-18)8-14(9-15)5-1-2-6-14/h3-4,7H,1-2,5-6,8-10,18H2. The molecule has 2 N–H and O–H groups in total. The summed E-state index contributed by atoms with van der Waals surface area (Å²) in [5.41, 5.74) is 8.08. The van der Waals surface area contributed by atoms with E-state index in [1.54, 1.807) is 0 Å². The molecule has 1 aromatic carbocycles. The van der Waals surface area contributed by atoms with Crippen LogP contribution in [-0.4, -0.2) is 6.54 Å². The van der Waals surface area contributed by atoms with Crippen molar-refractivity contribution in [3.8, 4) is 0 Å². The van der Waals surface area contributed by atoms with Crippen LogP contribution in [0.4, 0.5) is 0 Å². The van der Waals surface area contributed by atoms with Crippen LogP contribution in [0.2, 0.25) is 10.0 Å². The van der Waals surface area contributed by atoms with E-state index < -0.39 is 0 Å². The van der Waals surface area contributed by atoms with Crippen LogP contribution in [0, 0.1) is 5.41 Å². The van der Waals surface area contributed by atoms with Crippen molar-refractivity contribution in [2.24, 2.45) is 11.1 Å². The predicted octanol–water partition coefficient (Wildman–Crippen LogP) is 4.54. The molecule has 0 bridgehead atoms. The van der Waals surface area contributed by atoms with Crippen LogP contribution in [0.15, 0.2) is 18.2 Å². The topological polar surface area (TPSA) is 26.0 Å². The molecular formula is C15H19Cl2N. The lowest BCUT2D eigenvalue weighted by atomic mass is 9.50. The molecule has 2 aliphatic rings. The smallest absolute Gasteiger partial charge is 0.0595 e. The van der Waals surface area contributed by atoms with Crippen molar-refractivity contribution in [3.63, 3.8) is 0 Å². The second-order valence-electron chi connectivity index (χ2n) is 6.17. The molecule has 3 heteroatoms. The number of hydrogen-bond donors (Lipinski definition) is 1. The minimum Gasteiger partial charge on any atom is -0.330 e. The van der Waals surface area contributed by atoms with Gasteiger partial charge in [0.2, 0.25) is 0 Å². The molecule has 2 fully saturated rings. The second-order valence-corrected chi connectivity index (χ2v) is 6.99. The molecular weight excluding hydrogens is 265 g/mol. The summed E-state index contributed by atoms with van der Waals surface area (Å²) in [5.74, 6) is 0. The molecule has 18 heavy (non-hydrogen) atoms. The summed E-state index contributed by atoms with van der Waals surface area (Å²) in [4.78, 5) is 0. The lowest BCUT2D eigenvalue weighted by molar-refractivity contribution is 0.0329. The van der Waals surface area contributed by atoms with Crippen molar-refractivity contribution >= 4 is 23.2 Å². The van der Waals surface area contributed by atoms with Gasteiger partial charge in [-0.25, -0.2) is 0 Å². The number of benzene rings is 1. The molecule has 3 rings (SSSR count). The van der Waals surface area contributed by atoms with Crippen molar-refractivity contribution in [2.75, 3.05) is 6.54 Å². The Bertz CT molecular complexity index is 456. The van der Waals surface area contributed by atoms with Gasteiger partial charge in [0.25, 0.3) is 0 Å². The number of rotatable bonds is 2. The summed E-state index contributed by atoms with van der Waals surface area (Å²) in [7, 11) is 0. The largest absolute Gasteiger partial charge is 0.330 e. The average Bonchev–Trinajstić information content (AvgIpc) is 2.79. The van der Waals surface area contributed by atoms with Crippen LogP contribution in [0.25, 0.3) is 0 Å². The molecule has 0 radical (unpaired) electrons. The lowest BCUT2D eigenvalue weighted by Crippen LogP contribution is -2.52. The van der Waals surface area contributed by atoms with Gasteiger partial charge in [-0.1, -0.05) is 42.1 Å². The van der Waals surface area contributed by atoms with Crippen LogP contribution in [0.1, 0.15) is 44.1 Å². The first-order valence-electron chi connectivity index (χ1n) is 6.75. The van der Waals surface area contributed by atoms with Crippen molar-refractivity contribution in [2.45, 2.75) is 43.9 Å². The number of nitrogens with two attached hydrogens (primary N) is 1. The summed E-state index contributed by atoms with van der Waals surface area (Å²) < 4.78 is 0. The molecule has 2 aliphatic carbocycles. The van der Waals surface area contributed by atoms with E-state index in [2.05, 4.69) is 6.07 Å². The van der Waals surface area contributed by atoms with Gasteiger partial charge in [0.1, 0.15) is 0 Å². The van der Waals surface area contributed by atoms with Crippen molar-refractivity contribution < 1.29 is 0 Å². The van der Waals surface area contributed by atoms with Gasteiger partial charge >= 0.3 is 0 Å². The maximum atomic E-state index is 6.14. The molecule has 1 aromatic rings. The van der Waals surface area contributed by atoms with Gasteiger partial charge in [-0.15, -0.1) is 0 Å². The van der Waals surface area contributed by atoms with Gasteiger partial charge in [-0.05, 0) is 48.8 Å². The third-order valence-electron chi connectivity index (χ3n) is 5.01. The van der Waals surface area contributed by atoms with Crippen LogP contribution in [0.3, 0.4) is 0 Å². The molecule has 0 saturated heterocycles. The quantitative estimate of drug-likeness (QED) is 0.847. The van der Waals surface area contributed by atoms with Gasteiger partial charge in [-0.2, -0.15) is 0 Å². The van der Waals surface area contributed by atoms with Gasteiger partial charge in [0.15, 0.2) is 0 Å². The molecule has 1 spiro atoms. The van der Waals surface area contributed by atoms with E-state index in [1.807, 2.05) is 12.1 Å². The highest BCUT2D eigenvalue weighted by Gasteiger charge is 2.55. The van der Waals surface area contributed by atoms with E-state index in [0.717, 1.165) is 0 Å². The maximum absolute atomic E-state index is 6.14. The molecule has 0 unspecified atom stereocenters. The molecule has 0 atom stereocenters. The fourth-order valence-electron chi connectivity index (χ4n) is 4.15. The summed E-state index contributed by atoms with van der Waals surface area (Å²) >= 11 is 12.1. The first-order valence-corrected chi connectivity index (χ1v) is 7.51. The van der Waals surface area contributed by atoms with Crippen LogP contribution in [0.5, 0.6) is 0 Å². The van der Waals surface area contributed by atoms with E-state index in [0.29, 0.717) is 22.0 Å². The van der Waals surface area contributed by atoms with E-state index in [9.17, 15) is 0 Å². The zero-order valence-electron chi connectivity index (χ0n) is 10.5. The fourth-order valence-corrected chi connectivity index (χ4v) is 4.45. The van der Waals surface area contributed by atoms with E-state index in [4.69, 9.17) is 28.9 Å². The molecule has 1 nitrogen and oxygen atoms in total. The summed E-state index contributed by atoms with van der Waals surface area (Å²) in [5, 5.41) is 1.27. The molecule has 0 aromatic heterocycles. The lowest BCUT2D eigenvalue weighted by Gasteiger charge is -2.55. The summed E-state index contributed by atoms with van der Waals surface area (Å²) in [6.07, 6.45) is 8.01. The molecule has 2 saturated carbocycles. The molecule has 0 heterocycles.